The van der Waals surface area contributed by atoms with Crippen molar-refractivity contribution in [2.75, 3.05) is 0 Å². The number of aromatic hydroxyl groups is 1. The molecule has 124 valence electrons. The molecule has 9 nitrogen and oxygen atoms in total. The van der Waals surface area contributed by atoms with Crippen molar-refractivity contribution in [2.24, 2.45) is 15.3 Å². The molecule has 0 saturated heterocycles. The first-order valence-electron chi connectivity index (χ1n) is 6.76. The van der Waals surface area contributed by atoms with E-state index in [4.69, 9.17) is 0 Å². The fourth-order valence-corrected chi connectivity index (χ4v) is 3.05. The maximum Gasteiger partial charge on any atom is 0.295 e. The van der Waals surface area contributed by atoms with Crippen LogP contribution in [-0.2, 0) is 14.9 Å². The molecule has 1 unspecified atom stereocenters. The van der Waals surface area contributed by atoms with E-state index < -0.39 is 32.7 Å². The normalized spacial score (nSPS) is 18.2. The molecule has 0 radical (unpaired) electrons. The molecular formula is C14H12N4O5S. The van der Waals surface area contributed by atoms with Gasteiger partial charge < -0.3 is 5.11 Å². The van der Waals surface area contributed by atoms with E-state index in [0.717, 1.165) is 6.07 Å². The van der Waals surface area contributed by atoms with Crippen LogP contribution in [0, 0.1) is 0 Å². The van der Waals surface area contributed by atoms with Crippen LogP contribution in [0.4, 0.5) is 5.69 Å². The summed E-state index contributed by atoms with van der Waals surface area (Å²) in [6.07, 6.45) is 0. The lowest BCUT2D eigenvalue weighted by atomic mass is 10.1. The molecule has 3 rings (SSSR count). The number of rotatable bonds is 3. The Morgan fingerprint density at radius 1 is 1.25 bits per heavy atom. The third-order valence-corrected chi connectivity index (χ3v) is 4.39. The van der Waals surface area contributed by atoms with E-state index in [1.807, 2.05) is 0 Å². The topological polar surface area (TPSA) is 141 Å². The van der Waals surface area contributed by atoms with E-state index in [-0.39, 0.29) is 16.5 Å². The number of phenolic OH excluding ortho intramolecular Hbond substituents is 1. The quantitative estimate of drug-likeness (QED) is 0.572. The number of hydrogen-bond acceptors (Lipinski definition) is 7. The van der Waals surface area contributed by atoms with Crippen LogP contribution in [-0.4, -0.2) is 35.7 Å². The van der Waals surface area contributed by atoms with Gasteiger partial charge in [-0.2, -0.15) is 23.7 Å². The van der Waals surface area contributed by atoms with Gasteiger partial charge in [-0.05, 0) is 6.92 Å². The van der Waals surface area contributed by atoms with Crippen molar-refractivity contribution in [3.05, 3.63) is 30.3 Å². The molecule has 1 amide bonds. The van der Waals surface area contributed by atoms with Crippen molar-refractivity contribution in [1.82, 2.24) is 5.43 Å². The number of benzene rings is 2. The van der Waals surface area contributed by atoms with Crippen LogP contribution >= 0.6 is 0 Å². The predicted octanol–water partition coefficient (Wildman–Crippen LogP) is 1.75. The first kappa shape index (κ1) is 16.0. The van der Waals surface area contributed by atoms with E-state index in [1.54, 1.807) is 19.1 Å². The van der Waals surface area contributed by atoms with Crippen LogP contribution in [0.1, 0.15) is 6.92 Å². The number of azo groups is 1. The molecule has 24 heavy (non-hydrogen) atoms. The summed E-state index contributed by atoms with van der Waals surface area (Å²) in [5.74, 6) is -0.937. The Hall–Kier alpha value is -2.85. The van der Waals surface area contributed by atoms with E-state index in [1.165, 1.54) is 12.1 Å². The Morgan fingerprint density at radius 3 is 2.50 bits per heavy atom. The maximum absolute atomic E-state index is 11.6. The monoisotopic (exact) mass is 348 g/mol. The maximum atomic E-state index is 11.6. The van der Waals surface area contributed by atoms with Crippen LogP contribution in [0.15, 0.2) is 50.6 Å². The van der Waals surface area contributed by atoms with Crippen molar-refractivity contribution < 1.29 is 22.9 Å². The van der Waals surface area contributed by atoms with Crippen molar-refractivity contribution in [3.63, 3.8) is 0 Å². The summed E-state index contributed by atoms with van der Waals surface area (Å²) in [6.45, 7) is 1.60. The highest BCUT2D eigenvalue weighted by Gasteiger charge is 2.27. The fraction of sp³-hybridized carbons (Fsp3) is 0.143. The molecule has 2 aromatic rings. The van der Waals surface area contributed by atoms with Crippen LogP contribution < -0.4 is 5.43 Å². The molecule has 0 aromatic heterocycles. The first-order valence-corrected chi connectivity index (χ1v) is 8.20. The third-order valence-electron chi connectivity index (χ3n) is 3.50. The number of fused-ring (bicyclic) bond motifs is 1. The molecule has 10 heteroatoms. The zero-order valence-electron chi connectivity index (χ0n) is 12.3. The summed E-state index contributed by atoms with van der Waals surface area (Å²) < 4.78 is 32.3. The van der Waals surface area contributed by atoms with Crippen molar-refractivity contribution in [3.8, 4) is 5.75 Å². The average Bonchev–Trinajstić information content (AvgIpc) is 2.84. The van der Waals surface area contributed by atoms with Crippen LogP contribution in [0.2, 0.25) is 0 Å². The molecule has 0 fully saturated rings. The Kier molecular flexibility index (Phi) is 3.78. The highest BCUT2D eigenvalue weighted by atomic mass is 32.2. The van der Waals surface area contributed by atoms with Crippen molar-refractivity contribution in [2.45, 2.75) is 17.9 Å². The lowest BCUT2D eigenvalue weighted by Crippen LogP contribution is -2.25. The van der Waals surface area contributed by atoms with Gasteiger partial charge in [-0.3, -0.25) is 9.35 Å². The summed E-state index contributed by atoms with van der Waals surface area (Å²) in [4.78, 5) is 11.1. The number of hydrogen-bond donors (Lipinski definition) is 3. The molecule has 1 heterocycles. The Balaban J connectivity index is 2.18. The summed E-state index contributed by atoms with van der Waals surface area (Å²) in [5, 5.41) is 22.0. The highest BCUT2D eigenvalue weighted by molar-refractivity contribution is 7.86. The van der Waals surface area contributed by atoms with E-state index in [9.17, 15) is 22.9 Å². The average molecular weight is 348 g/mol. The number of carbonyl (C=O) groups excluding carboxylic acids is 1. The second-order valence-corrected chi connectivity index (χ2v) is 6.50. The summed E-state index contributed by atoms with van der Waals surface area (Å²) >= 11 is 0. The lowest BCUT2D eigenvalue weighted by molar-refractivity contribution is -0.120. The minimum Gasteiger partial charge on any atom is -0.506 e. The molecule has 0 saturated carbocycles. The number of phenols is 1. The van der Waals surface area contributed by atoms with Crippen LogP contribution in [0.25, 0.3) is 10.8 Å². The smallest absolute Gasteiger partial charge is 0.295 e. The third kappa shape index (κ3) is 2.72. The molecule has 1 aliphatic rings. The Bertz CT molecular complexity index is 1010. The minimum atomic E-state index is -4.53. The Labute approximate surface area is 136 Å². The van der Waals surface area contributed by atoms with Gasteiger partial charge in [-0.1, -0.05) is 24.3 Å². The van der Waals surface area contributed by atoms with Crippen molar-refractivity contribution >= 4 is 38.2 Å². The van der Waals surface area contributed by atoms with Gasteiger partial charge in [0.15, 0.2) is 6.04 Å². The first-order chi connectivity index (χ1) is 11.3. The standard InChI is InChI=1S/C14H12N4O5S/c1-7-12(14(20)18-15-7)16-17-13-9-5-3-2-4-8(9)11(6-10(13)19)24(21,22)23/h2-6,12,19H,1H3,(H,18,20)(H,21,22,23). The number of amides is 1. The molecule has 0 aliphatic carbocycles. The van der Waals surface area contributed by atoms with E-state index in [2.05, 4.69) is 20.8 Å². The summed E-state index contributed by atoms with van der Waals surface area (Å²) in [7, 11) is -4.53. The van der Waals surface area contributed by atoms with Crippen molar-refractivity contribution in [1.29, 1.82) is 0 Å². The molecule has 2 aromatic carbocycles. The van der Waals surface area contributed by atoms with Gasteiger partial charge in [0.05, 0.1) is 5.71 Å². The van der Waals surface area contributed by atoms with Gasteiger partial charge in [0.25, 0.3) is 16.0 Å². The summed E-state index contributed by atoms with van der Waals surface area (Å²) in [5.41, 5.74) is 2.67. The number of nitrogens with zero attached hydrogens (tertiary/aromatic N) is 3. The number of nitrogens with one attached hydrogen (secondary N) is 1. The summed E-state index contributed by atoms with van der Waals surface area (Å²) in [6, 6.07) is 6.16. The number of carbonyl (C=O) groups is 1. The van der Waals surface area contributed by atoms with Crippen LogP contribution in [0.5, 0.6) is 5.75 Å². The molecule has 0 bridgehead atoms. The minimum absolute atomic E-state index is 0.00880. The number of hydrazone groups is 1. The zero-order valence-corrected chi connectivity index (χ0v) is 13.1. The zero-order chi connectivity index (χ0) is 17.5. The van der Waals surface area contributed by atoms with E-state index in [0.29, 0.717) is 5.71 Å². The van der Waals surface area contributed by atoms with Gasteiger partial charge in [-0.15, -0.1) is 0 Å². The fourth-order valence-electron chi connectivity index (χ4n) is 2.34. The largest absolute Gasteiger partial charge is 0.506 e. The second kappa shape index (κ2) is 5.65. The van der Waals surface area contributed by atoms with Gasteiger partial charge in [0.1, 0.15) is 16.3 Å². The second-order valence-electron chi connectivity index (χ2n) is 5.11. The molecular weight excluding hydrogens is 336 g/mol. The molecule has 3 N–H and O–H groups in total. The molecule has 1 atom stereocenters. The van der Waals surface area contributed by atoms with Gasteiger partial charge in [-0.25, -0.2) is 5.43 Å². The highest BCUT2D eigenvalue weighted by Crippen LogP contribution is 2.39. The Morgan fingerprint density at radius 2 is 1.92 bits per heavy atom. The molecule has 1 aliphatic heterocycles. The molecule has 0 spiro atoms. The SMILES string of the molecule is CC1=NNC(=O)C1N=Nc1c(O)cc(S(=O)(=O)O)c2ccccc12. The predicted molar refractivity (Wildman–Crippen MR) is 85.0 cm³/mol. The van der Waals surface area contributed by atoms with Gasteiger partial charge in [0.2, 0.25) is 0 Å². The van der Waals surface area contributed by atoms with E-state index >= 15 is 0 Å². The van der Waals surface area contributed by atoms with Gasteiger partial charge in [0, 0.05) is 16.8 Å². The lowest BCUT2D eigenvalue weighted by Gasteiger charge is -2.09. The van der Waals surface area contributed by atoms with Gasteiger partial charge >= 0.3 is 0 Å². The van der Waals surface area contributed by atoms with Crippen LogP contribution in [0.3, 0.4) is 0 Å².